The van der Waals surface area contributed by atoms with Gasteiger partial charge >= 0.3 is 50.5 Å². The Balaban J connectivity index is -0.0000000294. The van der Waals surface area contributed by atoms with Crippen LogP contribution in [0, 0.1) is 40.5 Å². The van der Waals surface area contributed by atoms with Crippen molar-refractivity contribution in [2.24, 2.45) is 5.73 Å². The van der Waals surface area contributed by atoms with Crippen molar-refractivity contribution in [3.8, 4) is 0 Å². The van der Waals surface area contributed by atoms with E-state index >= 15 is 0 Å². The zero-order valence-corrected chi connectivity index (χ0v) is 105. The summed E-state index contributed by atoms with van der Waals surface area (Å²) in [6.45, 7) is 32.0. The minimum absolute atomic E-state index is 0. The first kappa shape index (κ1) is 172. The SMILES string of the molecule is C.C.CC.CC.CC.CC.CC.CC.CC.CC.CI.CN.CO.COC.COC.C[N-]C.C[N-]C.IC(I)I.ICI.ICI.II.I[I-]I.Nc1ccccc1.Nc1ccccc1.O=[N+]([O-])c1ccccc1.O=[N+]([O-])c1ccccc1.O=[N+]([O-])c1ccccc1.O=[N+]([O-])c1ccccc1.[Rf].[Rf]. The van der Waals surface area contributed by atoms with Crippen molar-refractivity contribution >= 4 is 289 Å². The van der Waals surface area contributed by atoms with Crippen LogP contribution in [0.3, 0.4) is 0 Å². The van der Waals surface area contributed by atoms with Gasteiger partial charge in [-0.25, -0.2) is 0 Å². The van der Waals surface area contributed by atoms with Crippen molar-refractivity contribution in [2.75, 3.05) is 92.1 Å². The maximum absolute atomic E-state index is 10.0. The van der Waals surface area contributed by atoms with Gasteiger partial charge in [0, 0.05) is 133 Å². The van der Waals surface area contributed by atoms with Gasteiger partial charge in [-0.3, -0.25) is 40.5 Å². The van der Waals surface area contributed by atoms with E-state index in [0.717, 1.165) is 18.4 Å². The van der Waals surface area contributed by atoms with Crippen LogP contribution in [0.5, 0.6) is 0 Å². The van der Waals surface area contributed by atoms with Gasteiger partial charge in [-0.2, -0.15) is 28.2 Å². The molecular formula is C68H131I13N9O11Rf2-3. The van der Waals surface area contributed by atoms with E-state index < -0.39 is 19.7 Å². The first-order valence-corrected chi connectivity index (χ1v) is 60.2. The fourth-order valence-corrected chi connectivity index (χ4v) is 3.10. The number of nitro groups is 4. The monoisotopic (exact) mass is 3430 g/mol. The second-order valence-electron chi connectivity index (χ2n) is 11.4. The number of hydrogen-bond acceptors (Lipinski definition) is 14. The van der Waals surface area contributed by atoms with Gasteiger partial charge < -0.3 is 42.4 Å². The van der Waals surface area contributed by atoms with E-state index in [2.05, 4.69) is 281 Å². The molecule has 103 heavy (non-hydrogen) atoms. The van der Waals surface area contributed by atoms with E-state index in [9.17, 15) is 40.5 Å². The van der Waals surface area contributed by atoms with Crippen LogP contribution in [0.2, 0.25) is 0 Å². The number of aliphatic hydroxyl groups is 1. The number of anilines is 2. The number of nitro benzene ring substituents is 4. The summed E-state index contributed by atoms with van der Waals surface area (Å²) >= 11 is 27.7. The molecule has 0 spiro atoms. The Kier molecular flexibility index (Phi) is 354. The van der Waals surface area contributed by atoms with Crippen LogP contribution < -0.4 is 30.5 Å². The molecule has 35 heteroatoms. The Morgan fingerprint density at radius 3 is 0.485 bits per heavy atom. The van der Waals surface area contributed by atoms with Crippen molar-refractivity contribution in [3.63, 3.8) is 0 Å². The Hall–Kier alpha value is -0.230. The first-order chi connectivity index (χ1) is 47.6. The summed E-state index contributed by atoms with van der Waals surface area (Å²) in [5.74, 6) is 0. The molecular weight excluding hydrogens is 3300 g/mol. The maximum Gasteiger partial charge on any atom is 0.269 e. The molecule has 20 nitrogen and oxygen atoms in total. The zero-order chi connectivity index (χ0) is 83.5. The fraction of sp³-hybridized carbons (Fsp3) is 0.471. The molecule has 0 aliphatic rings. The number of non-ortho nitro benzene ring substituents is 4. The summed E-state index contributed by atoms with van der Waals surface area (Å²) in [4.78, 5) is 40.3. The van der Waals surface area contributed by atoms with E-state index in [1.165, 1.54) is 60.4 Å². The van der Waals surface area contributed by atoms with Gasteiger partial charge in [-0.15, -0.1) is 0 Å². The summed E-state index contributed by atoms with van der Waals surface area (Å²) in [6, 6.07) is 50.7. The molecule has 0 aliphatic carbocycles. The molecule has 0 saturated heterocycles. The summed E-state index contributed by atoms with van der Waals surface area (Å²) in [5, 5.41) is 54.0. The molecule has 0 saturated carbocycles. The Morgan fingerprint density at radius 1 is 0.379 bits per heavy atom. The van der Waals surface area contributed by atoms with Gasteiger partial charge in [0.25, 0.3) is 22.7 Å². The number of ether oxygens (including phenoxy) is 2. The number of alkyl halides is 8. The van der Waals surface area contributed by atoms with Crippen molar-refractivity contribution < 1.29 is 47.5 Å². The molecule has 0 radical (unpaired) electrons. The first-order valence-electron chi connectivity index (χ1n) is 29.4. The Morgan fingerprint density at radius 2 is 0.447 bits per heavy atom. The number of nitrogens with two attached hydrogens (primary N) is 3. The molecule has 0 amide bonds. The topological polar surface area (TPSA) is 318 Å². The van der Waals surface area contributed by atoms with Gasteiger partial charge in [0.1, 0.15) is -0.0619 Å². The predicted octanol–water partition coefficient (Wildman–Crippen LogP) is 27.1. The van der Waals surface area contributed by atoms with Crippen molar-refractivity contribution in [3.05, 3.63) is 233 Å². The molecule has 0 aromatic heterocycles. The normalized spacial score (nSPS) is 6.58. The van der Waals surface area contributed by atoms with E-state index in [1.807, 2.05) is 176 Å². The number of rotatable bonds is 4. The van der Waals surface area contributed by atoms with Crippen LogP contribution in [0.4, 0.5) is 34.1 Å². The smallest absolute Gasteiger partial charge is 0.269 e. The Bertz CT molecular complexity index is 1820. The average Bonchev–Trinajstić information content (AvgIpc) is 0.982. The largest absolute Gasteiger partial charge is 0.399 e. The van der Waals surface area contributed by atoms with Crippen molar-refractivity contribution in [1.82, 2.24) is 0 Å². The number of halogens is 13. The number of aliphatic hydroxyl groups excluding tert-OH is 1. The molecule has 612 valence electrons. The van der Waals surface area contributed by atoms with Crippen molar-refractivity contribution in [1.29, 1.82) is 0 Å². The molecule has 0 fully saturated rings. The molecule has 6 aromatic carbocycles. The molecule has 0 heterocycles. The zero-order valence-electron chi connectivity index (χ0n) is 64.6. The standard InChI is InChI=1S/4C6H5NO2.2C6H7N.2C2H6N.2C2H6O.8C2H6.CHI3.2CH2I2.CH3I.CH5N.CH4O.2CH4.I3.I2.2Rf/c4*8-7(9)6-4-2-1-3-5-6;2*7-6-4-2-1-3-5-6;4*1-3-2;8*1-2;2-1(3)4;2*2-1-3;3*1-2;;;1-3-2;1-2;;/h4*1-5H;2*1-5H,7H2;4*1-2H3;8*1-2H3;1H;2*1H2;1H3;2H2,1H3;2H,1H3;2*1H4;;;;/q;;;;;;2*-1;;;;;;;;;;;;;;;;;;;-1;;;. The minimum atomic E-state index is -0.417. The fourth-order valence-electron chi connectivity index (χ4n) is 3.10. The van der Waals surface area contributed by atoms with Gasteiger partial charge in [0.2, 0.25) is 0 Å². The van der Waals surface area contributed by atoms with E-state index in [4.69, 9.17) is 16.6 Å². The van der Waals surface area contributed by atoms with Crippen molar-refractivity contribution in [2.45, 2.75) is 126 Å². The van der Waals surface area contributed by atoms with Crippen LogP contribution in [0.1, 0.15) is 126 Å². The van der Waals surface area contributed by atoms with Gasteiger partial charge in [0.05, 0.1) is 24.6 Å². The number of hydrogen-bond donors (Lipinski definition) is 4. The molecule has 7 N–H and O–H groups in total. The van der Waals surface area contributed by atoms with Gasteiger partial charge in [-0.05, 0) is 36.2 Å². The van der Waals surface area contributed by atoms with Crippen LogP contribution >= 0.6 is 255 Å². The number of para-hydroxylation sites is 6. The molecule has 6 rings (SSSR count). The molecule has 0 unspecified atom stereocenters. The number of methoxy groups -OCH3 is 2. The third-order valence-corrected chi connectivity index (χ3v) is 5.47. The summed E-state index contributed by atoms with van der Waals surface area (Å²) < 4.78 is 11.6. The summed E-state index contributed by atoms with van der Waals surface area (Å²) in [6.07, 6.45) is 0. The summed E-state index contributed by atoms with van der Waals surface area (Å²) in [7, 11) is 16.0. The third-order valence-electron chi connectivity index (χ3n) is 5.47. The Labute approximate surface area is 780 Å². The van der Waals surface area contributed by atoms with Gasteiger partial charge in [-0.1, -0.05) is 416 Å². The maximum atomic E-state index is 10.0. The molecule has 0 aliphatic heterocycles. The van der Waals surface area contributed by atoms with E-state index in [1.54, 1.807) is 129 Å². The number of nitrogens with zero attached hydrogens (tertiary/aromatic N) is 6. The van der Waals surface area contributed by atoms with E-state index in [0.29, 0.717) is 13.3 Å². The molecule has 0 atom stereocenters. The quantitative estimate of drug-likeness (QED) is 0.0419. The van der Waals surface area contributed by atoms with Crippen LogP contribution in [-0.4, -0.2) is 105 Å². The van der Waals surface area contributed by atoms with Gasteiger partial charge in [0.15, 0.2) is 0 Å². The predicted molar refractivity (Wildman–Crippen MR) is 561 cm³/mol. The van der Waals surface area contributed by atoms with Crippen LogP contribution in [-0.2, 0) is 9.47 Å². The second-order valence-corrected chi connectivity index (χ2v) is 47.4. The van der Waals surface area contributed by atoms with E-state index in [-0.39, 0.29) is 37.6 Å². The minimum Gasteiger partial charge on any atom is -0.399 e. The summed E-state index contributed by atoms with van der Waals surface area (Å²) in [5.41, 5.74) is 17.4. The third kappa shape index (κ3) is 249. The average molecular weight is 3430 g/mol. The number of benzene rings is 6. The number of nitrogen functional groups attached to an aromatic ring is 2. The molecule has 6 aromatic rings. The second kappa shape index (κ2) is 212. The van der Waals surface area contributed by atoms with Crippen LogP contribution in [0.25, 0.3) is 10.6 Å². The molecule has 0 bridgehead atoms. The van der Waals surface area contributed by atoms with Crippen LogP contribution in [0.15, 0.2) is 182 Å².